The Morgan fingerprint density at radius 2 is 0.574 bits per heavy atom. The molecule has 0 atom stereocenters. The van der Waals surface area contributed by atoms with Crippen molar-refractivity contribution in [3.63, 3.8) is 0 Å². The number of benzene rings is 13. The average molecular weight is 1990 g/mol. The summed E-state index contributed by atoms with van der Waals surface area (Å²) in [6.45, 7) is 1.70. The lowest BCUT2D eigenvalue weighted by Gasteiger charge is -2.39. The van der Waals surface area contributed by atoms with Crippen LogP contribution in [0.15, 0.2) is 303 Å². The Labute approximate surface area is 814 Å². The minimum absolute atomic E-state index is 0.0880. The zero-order valence-electron chi connectivity index (χ0n) is 79.0. The summed E-state index contributed by atoms with van der Waals surface area (Å²) in [7, 11) is 16.0. The van der Waals surface area contributed by atoms with Crippen LogP contribution >= 0.6 is 30.5 Å². The number of rotatable bonds is 36. The van der Waals surface area contributed by atoms with E-state index in [1.807, 2.05) is 188 Å². The second-order valence-electron chi connectivity index (χ2n) is 30.4. The van der Waals surface area contributed by atoms with Crippen LogP contribution in [-0.2, 0) is 50.7 Å². The molecule has 0 bridgehead atoms. The highest BCUT2D eigenvalue weighted by Crippen LogP contribution is 2.57. The number of phenols is 6. The largest absolute Gasteiger partial charge is 0.508 e. The fourth-order valence-corrected chi connectivity index (χ4v) is 19.3. The van der Waals surface area contributed by atoms with Crippen molar-refractivity contribution in [2.75, 3.05) is 125 Å². The van der Waals surface area contributed by atoms with E-state index >= 15 is 0 Å². The second kappa shape index (κ2) is 63.7. The molecule has 0 spiro atoms. The summed E-state index contributed by atoms with van der Waals surface area (Å²) in [6.07, 6.45) is 15.4. The predicted octanol–water partition coefficient (Wildman–Crippen LogP) is 24.2. The SMILES string of the molecule is COCOc1cccc(OCOC)c1.COCOc1cccc(OCOC)c1-c1ccccc1.COCOc1cccc(OCOC)c1Cc1ccccc1.COCOc1cccc(OCOC)c1I.COc1cccc(OC)c1-c1ccccc1P(C1CCCCC1)C1CCCCC1.Oc1cccc(O)c1.Oc1cccc(O)c1-c1ccccc1.Oc1cccc(O)c1Cc1ccccc1. The normalized spacial score (nSPS) is 11.9. The van der Waals surface area contributed by atoms with Gasteiger partial charge in [-0.2, -0.15) is 0 Å². The van der Waals surface area contributed by atoms with Gasteiger partial charge in [0, 0.05) is 93.0 Å². The van der Waals surface area contributed by atoms with Gasteiger partial charge in [0.1, 0.15) is 92.0 Å². The van der Waals surface area contributed by atoms with Crippen molar-refractivity contribution in [3.8, 4) is 125 Å². The van der Waals surface area contributed by atoms with E-state index < -0.39 is 0 Å². The Morgan fingerprint density at radius 3 is 0.963 bits per heavy atom. The number of halogens is 1. The van der Waals surface area contributed by atoms with Crippen LogP contribution in [0.2, 0.25) is 0 Å². The molecule has 136 heavy (non-hydrogen) atoms. The van der Waals surface area contributed by atoms with Gasteiger partial charge < -0.3 is 116 Å². The van der Waals surface area contributed by atoms with Gasteiger partial charge in [0.25, 0.3) is 0 Å². The predicted molar refractivity (Wildman–Crippen MR) is 542 cm³/mol. The first-order chi connectivity index (χ1) is 66.5. The Bertz CT molecular complexity index is 5260. The molecule has 2 aliphatic carbocycles. The quantitative estimate of drug-likeness (QED) is 0.0121. The number of methoxy groups -OCH3 is 10. The number of ether oxygens (including phenoxy) is 18. The molecule has 0 aromatic heterocycles. The molecule has 2 saturated carbocycles. The van der Waals surface area contributed by atoms with Crippen LogP contribution in [0.1, 0.15) is 86.5 Å². The number of hydrogen-bond donors (Lipinski definition) is 6. The monoisotopic (exact) mass is 1990 g/mol. The van der Waals surface area contributed by atoms with Gasteiger partial charge in [-0.1, -0.05) is 241 Å². The van der Waals surface area contributed by atoms with E-state index in [-0.39, 0.29) is 96.8 Å². The van der Waals surface area contributed by atoms with Crippen LogP contribution in [-0.4, -0.2) is 167 Å². The van der Waals surface area contributed by atoms with E-state index in [4.69, 9.17) is 95.5 Å². The third-order valence-corrected chi connectivity index (χ3v) is 25.5. The molecule has 0 unspecified atom stereocenters. The Hall–Kier alpha value is -12.5. The van der Waals surface area contributed by atoms with E-state index in [2.05, 4.69) is 71.1 Å². The molecule has 6 N–H and O–H groups in total. The topological polar surface area (TPSA) is 288 Å². The number of phenolic OH excluding ortho intramolecular Hbond substituents is 6. The lowest BCUT2D eigenvalue weighted by molar-refractivity contribution is 0.0445. The summed E-state index contributed by atoms with van der Waals surface area (Å²) >= 11 is 2.16. The maximum Gasteiger partial charge on any atom is 0.188 e. The molecule has 13 aromatic carbocycles. The molecule has 0 amide bonds. The fraction of sp³-hybridized carbons (Fsp3) is 0.291. The van der Waals surface area contributed by atoms with Gasteiger partial charge in [-0.15, -0.1) is 0 Å². The summed E-state index contributed by atoms with van der Waals surface area (Å²) in [5.74, 6) is 8.32. The summed E-state index contributed by atoms with van der Waals surface area (Å²) in [4.78, 5) is 0. The fourth-order valence-electron chi connectivity index (χ4n) is 14.7. The van der Waals surface area contributed by atoms with Crippen molar-refractivity contribution in [2.45, 2.75) is 88.4 Å². The molecule has 0 aliphatic heterocycles. The lowest BCUT2D eigenvalue weighted by Crippen LogP contribution is -2.27. The van der Waals surface area contributed by atoms with Crippen LogP contribution in [0.25, 0.3) is 33.4 Å². The molecule has 13 aromatic rings. The van der Waals surface area contributed by atoms with E-state index in [1.54, 1.807) is 125 Å². The second-order valence-corrected chi connectivity index (χ2v) is 34.2. The maximum atomic E-state index is 9.59. The average Bonchev–Trinajstić information content (AvgIpc) is 0.770. The highest BCUT2D eigenvalue weighted by molar-refractivity contribution is 14.1. The van der Waals surface area contributed by atoms with Gasteiger partial charge in [-0.3, -0.25) is 0 Å². The van der Waals surface area contributed by atoms with Gasteiger partial charge in [0.05, 0.1) is 34.5 Å². The first kappa shape index (κ1) is 109. The molecule has 2 aliphatic rings. The maximum absolute atomic E-state index is 9.59. The van der Waals surface area contributed by atoms with Crippen LogP contribution in [0.4, 0.5) is 0 Å². The minimum Gasteiger partial charge on any atom is -0.508 e. The van der Waals surface area contributed by atoms with E-state index in [1.165, 1.54) is 93.5 Å². The molecule has 0 radical (unpaired) electrons. The molecular formula is C110H128IO24P. The van der Waals surface area contributed by atoms with E-state index in [0.717, 1.165) is 89.2 Å². The highest BCUT2D eigenvalue weighted by Gasteiger charge is 2.35. The minimum atomic E-state index is -0.182. The number of hydrogen-bond acceptors (Lipinski definition) is 24. The molecule has 2 fully saturated rings. The molecule has 15 rings (SSSR count). The van der Waals surface area contributed by atoms with Gasteiger partial charge in [-0.25, -0.2) is 0 Å². The standard InChI is InChI=1S/C26H35O2P.C17H20O4.C16H18O4.C13H12O2.C12H10O2.C10H13IO4.C10H14O4.C6H6O2/c1-27-23-17-11-18-24(28-2)26(23)22-16-9-10-19-25(22)29(20-12-5-3-6-13-20)21-14-7-4-8-15-21;1-18-12-20-16-9-6-10-17(21-13-19-2)15(16)11-14-7-4-3-5-8-14;1-17-11-19-14-9-6-10-15(20-12-18-2)16(14)13-7-4-3-5-8-13;14-12-7-4-8-13(15)11(12)9-10-5-2-1-3-6-10;13-10-7-4-8-11(14)12(10)9-5-2-1-3-6-9;1-12-6-14-8-4-3-5-9(10(8)11)15-7-13-2;1-11-7-13-9-4-3-5-10(6-9)14-8-12-2;7-5-2-1-3-6(8)4-5/h9-11,16-21H,3-8,12-15H2,1-2H3;3-10H,11-13H2,1-2H3;3-10H,11-12H2,1-2H3;1-8,14-15H,9H2;1-8,13-14H;3-5H,6-7H2,1-2H3;3-6H,7-8H2,1-2H3;1-4,7-8H. The van der Waals surface area contributed by atoms with Gasteiger partial charge >= 0.3 is 0 Å². The number of aromatic hydroxyl groups is 6. The van der Waals surface area contributed by atoms with Gasteiger partial charge in [-0.05, 0) is 190 Å². The van der Waals surface area contributed by atoms with E-state index in [0.29, 0.717) is 40.5 Å². The van der Waals surface area contributed by atoms with Crippen LogP contribution < -0.4 is 52.7 Å². The van der Waals surface area contributed by atoms with Gasteiger partial charge in [0.15, 0.2) is 54.3 Å². The molecule has 26 heteroatoms. The summed E-state index contributed by atoms with van der Waals surface area (Å²) in [5.41, 5.74) is 11.2. The van der Waals surface area contributed by atoms with Crippen molar-refractivity contribution >= 4 is 35.8 Å². The van der Waals surface area contributed by atoms with Crippen molar-refractivity contribution < 1.29 is 116 Å². The Morgan fingerprint density at radius 1 is 0.265 bits per heavy atom. The van der Waals surface area contributed by atoms with Gasteiger partial charge in [0.2, 0.25) is 0 Å². The molecular weight excluding hydrogens is 1860 g/mol. The van der Waals surface area contributed by atoms with Crippen molar-refractivity contribution in [1.82, 2.24) is 0 Å². The van der Waals surface area contributed by atoms with Crippen LogP contribution in [0, 0.1) is 3.57 Å². The first-order valence-corrected chi connectivity index (χ1v) is 46.9. The van der Waals surface area contributed by atoms with E-state index in [9.17, 15) is 20.4 Å². The van der Waals surface area contributed by atoms with Crippen molar-refractivity contribution in [3.05, 3.63) is 329 Å². The Kier molecular flexibility index (Phi) is 51.0. The molecule has 0 heterocycles. The third-order valence-electron chi connectivity index (χ3n) is 20.9. The van der Waals surface area contributed by atoms with Crippen LogP contribution in [0.5, 0.6) is 92.0 Å². The third kappa shape index (κ3) is 37.0. The smallest absolute Gasteiger partial charge is 0.188 e. The zero-order chi connectivity index (χ0) is 97.1. The zero-order valence-corrected chi connectivity index (χ0v) is 82.1. The highest BCUT2D eigenvalue weighted by atomic mass is 127. The first-order valence-electron chi connectivity index (χ1n) is 44.4. The molecule has 0 saturated heterocycles. The van der Waals surface area contributed by atoms with Crippen molar-refractivity contribution in [1.29, 1.82) is 0 Å². The summed E-state index contributed by atoms with van der Waals surface area (Å²) in [5, 5.41) is 57.2. The van der Waals surface area contributed by atoms with Crippen molar-refractivity contribution in [2.24, 2.45) is 0 Å². The Balaban J connectivity index is 0.000000195. The molecule has 724 valence electrons. The lowest BCUT2D eigenvalue weighted by atomic mass is 9.99. The molecule has 24 nitrogen and oxygen atoms in total. The summed E-state index contributed by atoms with van der Waals surface area (Å²) in [6, 6.07) is 94.1. The summed E-state index contributed by atoms with van der Waals surface area (Å²) < 4.78 is 95.3. The van der Waals surface area contributed by atoms with Crippen LogP contribution in [0.3, 0.4) is 0 Å².